The lowest BCUT2D eigenvalue weighted by Gasteiger charge is -2.09. The molecule has 3 rings (SSSR count). The molecule has 1 aromatic heterocycles. The third kappa shape index (κ3) is 2.65. The summed E-state index contributed by atoms with van der Waals surface area (Å²) in [6.07, 6.45) is 1.18. The molecule has 0 radical (unpaired) electrons. The quantitative estimate of drug-likeness (QED) is 0.876. The van der Waals surface area contributed by atoms with Gasteiger partial charge in [0, 0.05) is 18.2 Å². The van der Waals surface area contributed by atoms with Crippen LogP contribution in [0.1, 0.15) is 23.4 Å². The maximum Gasteiger partial charge on any atom is 0.311 e. The number of nitrogens with zero attached hydrogens (tertiary/aromatic N) is 1. The molecule has 1 aliphatic rings. The highest BCUT2D eigenvalue weighted by atomic mass is 16.5. The third-order valence-electron chi connectivity index (χ3n) is 3.70. The topological polar surface area (TPSA) is 92.4 Å². The van der Waals surface area contributed by atoms with Crippen molar-refractivity contribution < 1.29 is 19.2 Å². The van der Waals surface area contributed by atoms with E-state index in [-0.39, 0.29) is 12.3 Å². The van der Waals surface area contributed by atoms with Crippen molar-refractivity contribution >= 4 is 11.9 Å². The highest BCUT2D eigenvalue weighted by Gasteiger charge is 2.50. The number of hydrogen-bond acceptors (Lipinski definition) is 4. The lowest BCUT2D eigenvalue weighted by molar-refractivity contribution is -0.143. The minimum absolute atomic E-state index is 0.0787. The average Bonchev–Trinajstić information content (AvgIpc) is 3.14. The van der Waals surface area contributed by atoms with E-state index >= 15 is 0 Å². The first-order chi connectivity index (χ1) is 10.1. The molecule has 1 saturated carbocycles. The van der Waals surface area contributed by atoms with E-state index in [1.54, 1.807) is 6.07 Å². The number of hydrogen-bond donors (Lipinski definition) is 2. The van der Waals surface area contributed by atoms with Gasteiger partial charge in [-0.3, -0.25) is 9.59 Å². The van der Waals surface area contributed by atoms with Gasteiger partial charge in [0.1, 0.15) is 5.69 Å². The van der Waals surface area contributed by atoms with E-state index in [0.717, 1.165) is 5.56 Å². The monoisotopic (exact) mass is 286 g/mol. The zero-order valence-corrected chi connectivity index (χ0v) is 11.2. The number of nitrogens with one attached hydrogen (secondary N) is 1. The smallest absolute Gasteiger partial charge is 0.311 e. The molecular formula is C15H14N2O4. The van der Waals surface area contributed by atoms with Crippen molar-refractivity contribution in [2.75, 3.05) is 6.54 Å². The fourth-order valence-corrected chi connectivity index (χ4v) is 2.08. The van der Waals surface area contributed by atoms with Gasteiger partial charge in [0.05, 0.1) is 5.41 Å². The summed E-state index contributed by atoms with van der Waals surface area (Å²) >= 11 is 0. The van der Waals surface area contributed by atoms with Gasteiger partial charge in [-0.15, -0.1) is 0 Å². The van der Waals surface area contributed by atoms with Crippen molar-refractivity contribution in [3.8, 4) is 11.3 Å². The fourth-order valence-electron chi connectivity index (χ4n) is 2.08. The van der Waals surface area contributed by atoms with E-state index < -0.39 is 17.3 Å². The van der Waals surface area contributed by atoms with Crippen molar-refractivity contribution in [3.63, 3.8) is 0 Å². The van der Waals surface area contributed by atoms with Crippen molar-refractivity contribution in [1.29, 1.82) is 0 Å². The van der Waals surface area contributed by atoms with Crippen LogP contribution in [0.25, 0.3) is 11.3 Å². The van der Waals surface area contributed by atoms with Crippen LogP contribution < -0.4 is 5.32 Å². The van der Waals surface area contributed by atoms with Crippen molar-refractivity contribution in [2.45, 2.75) is 12.8 Å². The van der Waals surface area contributed by atoms with Gasteiger partial charge in [-0.05, 0) is 12.8 Å². The van der Waals surface area contributed by atoms with Crippen LogP contribution in [0.4, 0.5) is 0 Å². The van der Waals surface area contributed by atoms with Gasteiger partial charge in [-0.1, -0.05) is 35.5 Å². The van der Waals surface area contributed by atoms with Gasteiger partial charge in [0.15, 0.2) is 0 Å². The number of rotatable bonds is 5. The molecule has 0 unspecified atom stereocenters. The number of carboxylic acid groups (broad SMARTS) is 1. The highest BCUT2D eigenvalue weighted by Crippen LogP contribution is 2.45. The molecular weight excluding hydrogens is 272 g/mol. The fraction of sp³-hybridized carbons (Fsp3) is 0.267. The van der Waals surface area contributed by atoms with E-state index in [2.05, 4.69) is 10.5 Å². The molecule has 0 atom stereocenters. The van der Waals surface area contributed by atoms with Crippen LogP contribution in [-0.2, 0) is 4.79 Å². The first-order valence-corrected chi connectivity index (χ1v) is 6.64. The van der Waals surface area contributed by atoms with E-state index in [0.29, 0.717) is 18.5 Å². The summed E-state index contributed by atoms with van der Waals surface area (Å²) in [6, 6.07) is 10.9. The standard InChI is InChI=1S/C15H14N2O4/c18-13(16-9-15(6-7-15)14(19)20)12-8-11(17-21-12)10-4-2-1-3-5-10/h1-5,8H,6-7,9H2,(H,16,18)(H,19,20). The number of aromatic nitrogens is 1. The summed E-state index contributed by atoms with van der Waals surface area (Å²) < 4.78 is 5.02. The van der Waals surface area contributed by atoms with Crippen molar-refractivity contribution in [3.05, 3.63) is 42.2 Å². The molecule has 1 amide bonds. The predicted octanol–water partition coefficient (Wildman–Crippen LogP) is 1.94. The van der Waals surface area contributed by atoms with Gasteiger partial charge in [0.25, 0.3) is 5.91 Å². The molecule has 1 heterocycles. The molecule has 21 heavy (non-hydrogen) atoms. The molecule has 108 valence electrons. The van der Waals surface area contributed by atoms with Gasteiger partial charge in [-0.2, -0.15) is 0 Å². The molecule has 0 saturated heterocycles. The second kappa shape index (κ2) is 5.05. The Morgan fingerprint density at radius 3 is 2.62 bits per heavy atom. The summed E-state index contributed by atoms with van der Waals surface area (Å²) in [7, 11) is 0. The molecule has 6 nitrogen and oxygen atoms in total. The molecule has 0 spiro atoms. The largest absolute Gasteiger partial charge is 0.481 e. The second-order valence-electron chi connectivity index (χ2n) is 5.21. The Balaban J connectivity index is 1.66. The molecule has 6 heteroatoms. The molecule has 1 fully saturated rings. The minimum Gasteiger partial charge on any atom is -0.481 e. The van der Waals surface area contributed by atoms with Crippen molar-refractivity contribution in [1.82, 2.24) is 10.5 Å². The van der Waals surface area contributed by atoms with Crippen molar-refractivity contribution in [2.24, 2.45) is 5.41 Å². The van der Waals surface area contributed by atoms with Crippen LogP contribution in [0.15, 0.2) is 40.9 Å². The number of aliphatic carboxylic acids is 1. The number of carboxylic acids is 1. The zero-order chi connectivity index (χ0) is 14.9. The second-order valence-corrected chi connectivity index (χ2v) is 5.21. The normalized spacial score (nSPS) is 15.4. The first-order valence-electron chi connectivity index (χ1n) is 6.64. The van der Waals surface area contributed by atoms with E-state index in [9.17, 15) is 9.59 Å². The molecule has 1 aliphatic carbocycles. The Labute approximate surface area is 120 Å². The lowest BCUT2D eigenvalue weighted by atomic mass is 10.1. The summed E-state index contributed by atoms with van der Waals surface area (Å²) in [5, 5.41) is 15.5. The maximum absolute atomic E-state index is 11.9. The molecule has 2 aromatic rings. The Morgan fingerprint density at radius 1 is 1.29 bits per heavy atom. The third-order valence-corrected chi connectivity index (χ3v) is 3.70. The van der Waals surface area contributed by atoms with Crippen LogP contribution in [0, 0.1) is 5.41 Å². The molecule has 0 bridgehead atoms. The average molecular weight is 286 g/mol. The van der Waals surface area contributed by atoms with Gasteiger partial charge < -0.3 is 14.9 Å². The van der Waals surface area contributed by atoms with E-state index in [1.807, 2.05) is 30.3 Å². The SMILES string of the molecule is O=C(NCC1(C(=O)O)CC1)c1cc(-c2ccccc2)no1. The number of benzene rings is 1. The maximum atomic E-state index is 11.9. The molecule has 1 aromatic carbocycles. The summed E-state index contributed by atoms with van der Waals surface area (Å²) in [5.41, 5.74) is 0.627. The van der Waals surface area contributed by atoms with Gasteiger partial charge >= 0.3 is 5.97 Å². The molecule has 0 aliphatic heterocycles. The van der Waals surface area contributed by atoms with Crippen LogP contribution in [0.3, 0.4) is 0 Å². The molecule has 2 N–H and O–H groups in total. The van der Waals surface area contributed by atoms with Gasteiger partial charge in [-0.25, -0.2) is 0 Å². The number of carbonyl (C=O) groups is 2. The number of amides is 1. The Bertz CT molecular complexity index is 674. The Hall–Kier alpha value is -2.63. The first kappa shape index (κ1) is 13.4. The van der Waals surface area contributed by atoms with Gasteiger partial charge in [0.2, 0.25) is 5.76 Å². The van der Waals surface area contributed by atoms with Crippen LogP contribution in [0.5, 0.6) is 0 Å². The zero-order valence-electron chi connectivity index (χ0n) is 11.2. The minimum atomic E-state index is -0.870. The van der Waals surface area contributed by atoms with E-state index in [4.69, 9.17) is 9.63 Å². The predicted molar refractivity (Wildman–Crippen MR) is 73.6 cm³/mol. The summed E-state index contributed by atoms with van der Waals surface area (Å²) in [5.74, 6) is -1.24. The van der Waals surface area contributed by atoms with Crippen LogP contribution in [-0.4, -0.2) is 28.7 Å². The highest BCUT2D eigenvalue weighted by molar-refractivity contribution is 5.93. The number of carbonyl (C=O) groups excluding carboxylic acids is 1. The lowest BCUT2D eigenvalue weighted by Crippen LogP contribution is -2.34. The summed E-state index contributed by atoms with van der Waals surface area (Å²) in [4.78, 5) is 23.0. The summed E-state index contributed by atoms with van der Waals surface area (Å²) in [6.45, 7) is 0.114. The van der Waals surface area contributed by atoms with E-state index in [1.165, 1.54) is 0 Å². The van der Waals surface area contributed by atoms with Crippen LogP contribution >= 0.6 is 0 Å². The van der Waals surface area contributed by atoms with Crippen LogP contribution in [0.2, 0.25) is 0 Å². The Morgan fingerprint density at radius 2 is 2.00 bits per heavy atom. The Kier molecular flexibility index (Phi) is 3.21.